The summed E-state index contributed by atoms with van der Waals surface area (Å²) in [5, 5.41) is 2.98. The van der Waals surface area contributed by atoms with Crippen LogP contribution in [0.3, 0.4) is 0 Å². The maximum atomic E-state index is 12.5. The first kappa shape index (κ1) is 16.9. The van der Waals surface area contributed by atoms with E-state index in [1.807, 2.05) is 42.5 Å². The number of amides is 1. The van der Waals surface area contributed by atoms with Crippen molar-refractivity contribution in [2.75, 3.05) is 12.3 Å². The second-order valence-corrected chi connectivity index (χ2v) is 7.79. The molecule has 2 atom stereocenters. The molecule has 2 aromatic rings. The van der Waals surface area contributed by atoms with E-state index >= 15 is 0 Å². The van der Waals surface area contributed by atoms with E-state index < -0.39 is 10.8 Å². The van der Waals surface area contributed by atoms with E-state index in [-0.39, 0.29) is 11.8 Å². The lowest BCUT2D eigenvalue weighted by Crippen LogP contribution is -2.34. The van der Waals surface area contributed by atoms with Crippen LogP contribution in [0.2, 0.25) is 0 Å². The molecule has 1 aliphatic carbocycles. The Kier molecular flexibility index (Phi) is 5.81. The molecule has 0 aliphatic heterocycles. The molecule has 2 aromatic carbocycles. The summed E-state index contributed by atoms with van der Waals surface area (Å²) in [7, 11) is -0.952. The van der Waals surface area contributed by atoms with Gasteiger partial charge in [-0.1, -0.05) is 54.6 Å². The maximum Gasteiger partial charge on any atom is 0.227 e. The zero-order chi connectivity index (χ0) is 16.8. The van der Waals surface area contributed by atoms with Gasteiger partial charge < -0.3 is 5.32 Å². The van der Waals surface area contributed by atoms with Crippen molar-refractivity contribution in [3.05, 3.63) is 71.3 Å². The Bertz CT molecular complexity index is 715. The van der Waals surface area contributed by atoms with Crippen molar-refractivity contribution >= 4 is 16.7 Å². The Morgan fingerprint density at radius 3 is 2.67 bits per heavy atom. The standard InChI is InChI=1S/C20H23NO2S/c22-20(19-12-6-10-17-9-4-5-11-18(17)19)21-13-14-24(23)15-16-7-2-1-3-8-16/h1-5,7-9,11,19H,6,10,12-15H2,(H,21,22)/t19-,24+/m1/s1. The van der Waals surface area contributed by atoms with Gasteiger partial charge in [-0.05, 0) is 36.0 Å². The van der Waals surface area contributed by atoms with Gasteiger partial charge in [0.05, 0.1) is 5.92 Å². The number of carbonyl (C=O) groups is 1. The van der Waals surface area contributed by atoms with Crippen molar-refractivity contribution in [2.45, 2.75) is 30.9 Å². The van der Waals surface area contributed by atoms with Crippen LogP contribution in [0.25, 0.3) is 0 Å². The molecule has 0 radical (unpaired) electrons. The summed E-state index contributed by atoms with van der Waals surface area (Å²) in [5.74, 6) is 1.05. The van der Waals surface area contributed by atoms with Gasteiger partial charge in [0.2, 0.25) is 5.91 Å². The fraction of sp³-hybridized carbons (Fsp3) is 0.350. The second-order valence-electron chi connectivity index (χ2n) is 6.21. The summed E-state index contributed by atoms with van der Waals surface area (Å²) in [6.45, 7) is 0.469. The average Bonchev–Trinajstić information content (AvgIpc) is 2.62. The minimum absolute atomic E-state index is 0.0579. The zero-order valence-corrected chi connectivity index (χ0v) is 14.6. The van der Waals surface area contributed by atoms with E-state index in [9.17, 15) is 9.00 Å². The van der Waals surface area contributed by atoms with Gasteiger partial charge in [-0.2, -0.15) is 0 Å². The number of hydrogen-bond donors (Lipinski definition) is 1. The molecule has 0 spiro atoms. The lowest BCUT2D eigenvalue weighted by Gasteiger charge is -2.24. The Morgan fingerprint density at radius 1 is 1.08 bits per heavy atom. The summed E-state index contributed by atoms with van der Waals surface area (Å²) in [6.07, 6.45) is 3.01. The number of hydrogen-bond acceptors (Lipinski definition) is 2. The van der Waals surface area contributed by atoms with Crippen LogP contribution in [-0.2, 0) is 27.8 Å². The van der Waals surface area contributed by atoms with Crippen LogP contribution in [0, 0.1) is 0 Å². The number of nitrogens with one attached hydrogen (secondary N) is 1. The maximum absolute atomic E-state index is 12.5. The van der Waals surface area contributed by atoms with Crippen LogP contribution in [-0.4, -0.2) is 22.4 Å². The van der Waals surface area contributed by atoms with Crippen molar-refractivity contribution in [1.29, 1.82) is 0 Å². The third kappa shape index (κ3) is 4.32. The Labute approximate surface area is 145 Å². The van der Waals surface area contributed by atoms with Crippen molar-refractivity contribution < 1.29 is 9.00 Å². The largest absolute Gasteiger partial charge is 0.355 e. The third-order valence-corrected chi connectivity index (χ3v) is 5.80. The van der Waals surface area contributed by atoms with Crippen LogP contribution >= 0.6 is 0 Å². The normalized spacial score (nSPS) is 17.8. The summed E-state index contributed by atoms with van der Waals surface area (Å²) in [4.78, 5) is 12.5. The van der Waals surface area contributed by atoms with Crippen molar-refractivity contribution in [2.24, 2.45) is 0 Å². The van der Waals surface area contributed by atoms with Gasteiger partial charge in [-0.15, -0.1) is 0 Å². The third-order valence-electron chi connectivity index (χ3n) is 4.49. The van der Waals surface area contributed by atoms with Gasteiger partial charge in [0, 0.05) is 28.9 Å². The molecule has 0 saturated carbocycles. The van der Waals surface area contributed by atoms with Gasteiger partial charge in [0.15, 0.2) is 0 Å². The van der Waals surface area contributed by atoms with Gasteiger partial charge in [-0.3, -0.25) is 9.00 Å². The Hall–Kier alpha value is -1.94. The Morgan fingerprint density at radius 2 is 1.83 bits per heavy atom. The molecule has 1 amide bonds. The van der Waals surface area contributed by atoms with Crippen molar-refractivity contribution in [1.82, 2.24) is 5.32 Å². The predicted octanol–water partition coefficient (Wildman–Crippen LogP) is 3.17. The summed E-state index contributed by atoms with van der Waals surface area (Å²) < 4.78 is 12.1. The molecular weight excluding hydrogens is 318 g/mol. The van der Waals surface area contributed by atoms with Gasteiger partial charge in [-0.25, -0.2) is 0 Å². The molecule has 0 aromatic heterocycles. The average molecular weight is 341 g/mol. The van der Waals surface area contributed by atoms with Gasteiger partial charge in [0.25, 0.3) is 0 Å². The van der Waals surface area contributed by atoms with Crippen LogP contribution in [0.15, 0.2) is 54.6 Å². The highest BCUT2D eigenvalue weighted by Crippen LogP contribution is 2.31. The van der Waals surface area contributed by atoms with Gasteiger partial charge in [0.1, 0.15) is 0 Å². The van der Waals surface area contributed by atoms with E-state index in [2.05, 4.69) is 17.4 Å². The van der Waals surface area contributed by atoms with E-state index in [0.29, 0.717) is 18.1 Å². The van der Waals surface area contributed by atoms with Crippen LogP contribution in [0.4, 0.5) is 0 Å². The molecule has 1 N–H and O–H groups in total. The van der Waals surface area contributed by atoms with E-state index in [1.54, 1.807) is 0 Å². The molecule has 0 fully saturated rings. The highest BCUT2D eigenvalue weighted by molar-refractivity contribution is 7.84. The van der Waals surface area contributed by atoms with Crippen molar-refractivity contribution in [3.8, 4) is 0 Å². The first-order chi connectivity index (χ1) is 11.7. The molecule has 126 valence electrons. The molecule has 0 heterocycles. The minimum atomic E-state index is -0.952. The molecule has 3 rings (SSSR count). The van der Waals surface area contributed by atoms with E-state index in [1.165, 1.54) is 5.56 Å². The van der Waals surface area contributed by atoms with Crippen LogP contribution in [0.1, 0.15) is 35.4 Å². The molecule has 0 saturated heterocycles. The minimum Gasteiger partial charge on any atom is -0.355 e. The number of aryl methyl sites for hydroxylation is 1. The molecule has 4 heteroatoms. The summed E-state index contributed by atoms with van der Waals surface area (Å²) in [6, 6.07) is 18.0. The number of carbonyl (C=O) groups excluding carboxylic acids is 1. The van der Waals surface area contributed by atoms with E-state index in [0.717, 1.165) is 30.4 Å². The molecule has 0 unspecified atom stereocenters. The molecule has 24 heavy (non-hydrogen) atoms. The highest BCUT2D eigenvalue weighted by Gasteiger charge is 2.25. The SMILES string of the molecule is O=C(NCC[S@](=O)Cc1ccccc1)[C@@H]1CCCc2ccccc21. The lowest BCUT2D eigenvalue weighted by atomic mass is 9.82. The fourth-order valence-electron chi connectivity index (χ4n) is 3.27. The second kappa shape index (κ2) is 8.25. The number of benzene rings is 2. The quantitative estimate of drug-likeness (QED) is 0.877. The molecular formula is C20H23NO2S. The summed E-state index contributed by atoms with van der Waals surface area (Å²) in [5.41, 5.74) is 3.52. The Balaban J connectivity index is 1.49. The highest BCUT2D eigenvalue weighted by atomic mass is 32.2. The first-order valence-electron chi connectivity index (χ1n) is 8.48. The summed E-state index contributed by atoms with van der Waals surface area (Å²) >= 11 is 0. The molecule has 3 nitrogen and oxygen atoms in total. The predicted molar refractivity (Wildman–Crippen MR) is 98.3 cm³/mol. The lowest BCUT2D eigenvalue weighted by molar-refractivity contribution is -0.122. The van der Waals surface area contributed by atoms with Crippen LogP contribution in [0.5, 0.6) is 0 Å². The molecule has 1 aliphatic rings. The monoisotopic (exact) mass is 341 g/mol. The topological polar surface area (TPSA) is 46.2 Å². The zero-order valence-electron chi connectivity index (χ0n) is 13.7. The van der Waals surface area contributed by atoms with Crippen molar-refractivity contribution in [3.63, 3.8) is 0 Å². The molecule has 0 bridgehead atoms. The van der Waals surface area contributed by atoms with Gasteiger partial charge >= 0.3 is 0 Å². The van der Waals surface area contributed by atoms with Crippen LogP contribution < -0.4 is 5.32 Å². The number of rotatable bonds is 6. The fourth-order valence-corrected chi connectivity index (χ4v) is 4.31. The first-order valence-corrected chi connectivity index (χ1v) is 9.97. The number of fused-ring (bicyclic) bond motifs is 1. The smallest absolute Gasteiger partial charge is 0.227 e. The van der Waals surface area contributed by atoms with E-state index in [4.69, 9.17) is 0 Å².